The minimum atomic E-state index is -3.51. The molecule has 0 saturated heterocycles. The van der Waals surface area contributed by atoms with E-state index in [0.29, 0.717) is 5.69 Å². The number of likely N-dealkylation sites (N-methyl/N-ethyl adjacent to an activating group) is 1. The molecule has 0 atom stereocenters. The molecule has 18 heavy (non-hydrogen) atoms. The van der Waals surface area contributed by atoms with Gasteiger partial charge in [-0.2, -0.15) is 4.31 Å². The molecular formula is C11H17N3O3S. The van der Waals surface area contributed by atoms with Crippen molar-refractivity contribution < 1.29 is 13.2 Å². The fourth-order valence-electron chi connectivity index (χ4n) is 1.40. The van der Waals surface area contributed by atoms with Crippen molar-refractivity contribution in [2.75, 3.05) is 25.5 Å². The third kappa shape index (κ3) is 3.52. The van der Waals surface area contributed by atoms with Crippen LogP contribution in [0, 0.1) is 0 Å². The van der Waals surface area contributed by atoms with Crippen molar-refractivity contribution in [2.45, 2.75) is 11.8 Å². The van der Waals surface area contributed by atoms with Gasteiger partial charge in [0.2, 0.25) is 15.9 Å². The van der Waals surface area contributed by atoms with Crippen LogP contribution in [0.3, 0.4) is 0 Å². The highest BCUT2D eigenvalue weighted by Gasteiger charge is 2.19. The molecule has 0 saturated carbocycles. The van der Waals surface area contributed by atoms with Crippen LogP contribution in [0.2, 0.25) is 0 Å². The second-order valence-electron chi connectivity index (χ2n) is 3.82. The molecule has 1 amide bonds. The number of hydrogen-bond donors (Lipinski definition) is 2. The topological polar surface area (TPSA) is 92.5 Å². The predicted octanol–water partition coefficient (Wildman–Crippen LogP) is 0.224. The summed E-state index contributed by atoms with van der Waals surface area (Å²) in [5, 5.41) is 2.57. The number of nitrogens with two attached hydrogens (primary N) is 1. The average molecular weight is 271 g/mol. The smallest absolute Gasteiger partial charge is 0.242 e. The van der Waals surface area contributed by atoms with Gasteiger partial charge in [-0.25, -0.2) is 8.42 Å². The zero-order chi connectivity index (χ0) is 13.8. The normalized spacial score (nSPS) is 11.6. The van der Waals surface area contributed by atoms with Crippen LogP contribution in [0.15, 0.2) is 29.2 Å². The number of sulfonamides is 1. The van der Waals surface area contributed by atoms with Crippen molar-refractivity contribution in [2.24, 2.45) is 5.73 Å². The van der Waals surface area contributed by atoms with E-state index in [4.69, 9.17) is 5.73 Å². The van der Waals surface area contributed by atoms with Crippen LogP contribution in [0.1, 0.15) is 6.92 Å². The Hall–Kier alpha value is -1.44. The fraction of sp³-hybridized carbons (Fsp3) is 0.364. The van der Waals surface area contributed by atoms with E-state index in [2.05, 4.69) is 5.32 Å². The van der Waals surface area contributed by atoms with Crippen LogP contribution in [0.4, 0.5) is 5.69 Å². The van der Waals surface area contributed by atoms with Gasteiger partial charge in [0.05, 0.1) is 4.90 Å². The average Bonchev–Trinajstić information content (AvgIpc) is 2.29. The first-order valence-corrected chi connectivity index (χ1v) is 6.86. The third-order valence-corrected chi connectivity index (χ3v) is 4.20. The fourth-order valence-corrected chi connectivity index (χ4v) is 2.58. The molecule has 0 fully saturated rings. The number of carbonyl (C=O) groups is 1. The zero-order valence-corrected chi connectivity index (χ0v) is 11.2. The van der Waals surface area contributed by atoms with Crippen molar-refractivity contribution in [3.05, 3.63) is 24.3 Å². The van der Waals surface area contributed by atoms with Crippen LogP contribution < -0.4 is 11.1 Å². The first kappa shape index (κ1) is 14.6. The lowest BCUT2D eigenvalue weighted by Crippen LogP contribution is -2.31. The highest BCUT2D eigenvalue weighted by Crippen LogP contribution is 2.17. The summed E-state index contributed by atoms with van der Waals surface area (Å²) < 4.78 is 25.3. The summed E-state index contributed by atoms with van der Waals surface area (Å²) in [7, 11) is -2.03. The maximum Gasteiger partial charge on any atom is 0.242 e. The van der Waals surface area contributed by atoms with Crippen molar-refractivity contribution >= 4 is 21.6 Å². The van der Waals surface area contributed by atoms with Gasteiger partial charge < -0.3 is 11.1 Å². The Bertz CT molecular complexity index is 511. The van der Waals surface area contributed by atoms with Crippen LogP contribution in [-0.4, -0.2) is 38.8 Å². The van der Waals surface area contributed by atoms with Gasteiger partial charge in [-0.05, 0) is 24.3 Å². The summed E-state index contributed by atoms with van der Waals surface area (Å²) in [6.45, 7) is 1.91. The molecule has 7 heteroatoms. The molecule has 1 aromatic carbocycles. The van der Waals surface area contributed by atoms with Crippen LogP contribution in [0.5, 0.6) is 0 Å². The molecule has 0 aromatic heterocycles. The molecule has 3 N–H and O–H groups in total. The monoisotopic (exact) mass is 271 g/mol. The van der Waals surface area contributed by atoms with Gasteiger partial charge in [-0.15, -0.1) is 0 Å². The number of rotatable bonds is 5. The number of nitrogens with zero attached hydrogens (tertiary/aromatic N) is 1. The van der Waals surface area contributed by atoms with E-state index in [-0.39, 0.29) is 23.9 Å². The summed E-state index contributed by atoms with van der Waals surface area (Å²) in [6, 6.07) is 6.00. The molecule has 0 spiro atoms. The Morgan fingerprint density at radius 2 is 1.89 bits per heavy atom. The number of benzene rings is 1. The summed E-state index contributed by atoms with van der Waals surface area (Å²) in [5.74, 6) is -0.203. The zero-order valence-electron chi connectivity index (χ0n) is 10.4. The highest BCUT2D eigenvalue weighted by atomic mass is 32.2. The minimum Gasteiger partial charge on any atom is -0.329 e. The van der Waals surface area contributed by atoms with E-state index < -0.39 is 10.0 Å². The van der Waals surface area contributed by atoms with Crippen molar-refractivity contribution in [1.29, 1.82) is 0 Å². The summed E-state index contributed by atoms with van der Waals surface area (Å²) in [4.78, 5) is 11.0. The molecule has 0 unspecified atom stereocenters. The molecule has 0 bridgehead atoms. The van der Waals surface area contributed by atoms with E-state index in [0.717, 1.165) is 0 Å². The summed E-state index contributed by atoms with van der Waals surface area (Å²) in [6.07, 6.45) is 0. The van der Waals surface area contributed by atoms with Gasteiger partial charge in [0.25, 0.3) is 0 Å². The van der Waals surface area contributed by atoms with E-state index in [1.165, 1.54) is 30.4 Å². The van der Waals surface area contributed by atoms with Gasteiger partial charge >= 0.3 is 0 Å². The van der Waals surface area contributed by atoms with Gasteiger partial charge in [0.15, 0.2) is 0 Å². The first-order chi connectivity index (χ1) is 8.37. The maximum atomic E-state index is 12.0. The maximum absolute atomic E-state index is 12.0. The number of carbonyl (C=O) groups excluding carboxylic acids is 1. The van der Waals surface area contributed by atoms with E-state index in [1.54, 1.807) is 12.1 Å². The second kappa shape index (κ2) is 5.94. The van der Waals surface area contributed by atoms with E-state index in [1.807, 2.05) is 0 Å². The van der Waals surface area contributed by atoms with E-state index >= 15 is 0 Å². The number of hydrogen-bond acceptors (Lipinski definition) is 4. The third-order valence-electron chi connectivity index (χ3n) is 2.33. The van der Waals surface area contributed by atoms with Crippen LogP contribution in [-0.2, 0) is 14.8 Å². The Kier molecular flexibility index (Phi) is 4.83. The second-order valence-corrected chi connectivity index (χ2v) is 5.87. The molecule has 0 aliphatic carbocycles. The summed E-state index contributed by atoms with van der Waals surface area (Å²) in [5.41, 5.74) is 5.89. The molecule has 0 heterocycles. The SMILES string of the molecule is CC(=O)Nc1ccc(S(=O)(=O)N(C)CCN)cc1. The predicted molar refractivity (Wildman–Crippen MR) is 69.6 cm³/mol. The highest BCUT2D eigenvalue weighted by molar-refractivity contribution is 7.89. The first-order valence-electron chi connectivity index (χ1n) is 5.42. The quantitative estimate of drug-likeness (QED) is 0.801. The largest absolute Gasteiger partial charge is 0.329 e. The van der Waals surface area contributed by atoms with Crippen LogP contribution >= 0.6 is 0 Å². The number of nitrogens with one attached hydrogen (secondary N) is 1. The van der Waals surface area contributed by atoms with Crippen LogP contribution in [0.25, 0.3) is 0 Å². The lowest BCUT2D eigenvalue weighted by Gasteiger charge is -2.16. The molecule has 0 aliphatic rings. The molecule has 0 radical (unpaired) electrons. The van der Waals surface area contributed by atoms with Crippen molar-refractivity contribution in [3.63, 3.8) is 0 Å². The van der Waals surface area contributed by atoms with Gasteiger partial charge in [-0.3, -0.25) is 4.79 Å². The minimum absolute atomic E-state index is 0.174. The van der Waals surface area contributed by atoms with Gasteiger partial charge in [-0.1, -0.05) is 0 Å². The standard InChI is InChI=1S/C11H17N3O3S/c1-9(15)13-10-3-5-11(6-4-10)18(16,17)14(2)8-7-12/h3-6H,7-8,12H2,1-2H3,(H,13,15). The number of amides is 1. The molecule has 1 aromatic rings. The lowest BCUT2D eigenvalue weighted by molar-refractivity contribution is -0.114. The Balaban J connectivity index is 2.94. The molecule has 6 nitrogen and oxygen atoms in total. The summed E-state index contributed by atoms with van der Waals surface area (Å²) >= 11 is 0. The Morgan fingerprint density at radius 3 is 2.33 bits per heavy atom. The molecular weight excluding hydrogens is 254 g/mol. The Morgan fingerprint density at radius 1 is 1.33 bits per heavy atom. The van der Waals surface area contributed by atoms with Crippen molar-refractivity contribution in [1.82, 2.24) is 4.31 Å². The lowest BCUT2D eigenvalue weighted by atomic mass is 10.3. The van der Waals surface area contributed by atoms with Crippen molar-refractivity contribution in [3.8, 4) is 0 Å². The van der Waals surface area contributed by atoms with E-state index in [9.17, 15) is 13.2 Å². The molecule has 0 aliphatic heterocycles. The molecule has 100 valence electrons. The number of anilines is 1. The molecule has 1 rings (SSSR count). The van der Waals surface area contributed by atoms with Gasteiger partial charge in [0.1, 0.15) is 0 Å². The Labute approximate surface area is 107 Å². The van der Waals surface area contributed by atoms with Gasteiger partial charge in [0, 0.05) is 32.7 Å².